The fourth-order valence-electron chi connectivity index (χ4n) is 5.09. The molecule has 0 spiro atoms. The van der Waals surface area contributed by atoms with Gasteiger partial charge >= 0.3 is 7.12 Å². The molecule has 0 atom stereocenters. The maximum Gasteiger partial charge on any atom is 0.498 e. The van der Waals surface area contributed by atoms with Crippen molar-refractivity contribution in [1.82, 2.24) is 0 Å². The van der Waals surface area contributed by atoms with Crippen LogP contribution in [0.1, 0.15) is 27.7 Å². The number of hydrogen-bond donors (Lipinski definition) is 0. The van der Waals surface area contributed by atoms with Crippen LogP contribution in [0.5, 0.6) is 11.5 Å². The van der Waals surface area contributed by atoms with Crippen LogP contribution in [0.4, 0.5) is 17.1 Å². The molecule has 5 aromatic rings. The van der Waals surface area contributed by atoms with Crippen LogP contribution in [-0.2, 0) is 9.31 Å². The maximum atomic E-state index is 6.51. The van der Waals surface area contributed by atoms with Gasteiger partial charge in [-0.05, 0) is 70.2 Å². The predicted molar refractivity (Wildman–Crippen MR) is 144 cm³/mol. The Kier molecular flexibility index (Phi) is 4.42. The van der Waals surface area contributed by atoms with Gasteiger partial charge in [0.25, 0.3) is 0 Å². The van der Waals surface area contributed by atoms with Crippen molar-refractivity contribution in [2.75, 3.05) is 4.90 Å². The van der Waals surface area contributed by atoms with E-state index in [9.17, 15) is 0 Å². The standard InChI is InChI=1S/C30H26BNO4/c1-29(2)30(3,4)36-31(35-29)22-18-19(17-21-20-11-5-8-14-25(20)34-28(21)22)32-23-12-6-9-15-26(23)33-27-16-10-7-13-24(27)32/h5-18H,1-4H3. The predicted octanol–water partition coefficient (Wildman–Crippen LogP) is 7.46. The van der Waals surface area contributed by atoms with E-state index in [0.717, 1.165) is 56.0 Å². The summed E-state index contributed by atoms with van der Waals surface area (Å²) >= 11 is 0. The van der Waals surface area contributed by atoms with Crippen molar-refractivity contribution >= 4 is 51.6 Å². The van der Waals surface area contributed by atoms with Gasteiger partial charge < -0.3 is 23.4 Å². The molecule has 5 nitrogen and oxygen atoms in total. The number of fused-ring (bicyclic) bond motifs is 5. The van der Waals surface area contributed by atoms with Gasteiger partial charge in [-0.15, -0.1) is 0 Å². The van der Waals surface area contributed by atoms with Crippen LogP contribution in [0.25, 0.3) is 21.9 Å². The summed E-state index contributed by atoms with van der Waals surface area (Å²) in [6.07, 6.45) is 0. The molecule has 1 saturated heterocycles. The van der Waals surface area contributed by atoms with E-state index in [2.05, 4.69) is 62.9 Å². The summed E-state index contributed by atoms with van der Waals surface area (Å²) in [5.74, 6) is 1.62. The van der Waals surface area contributed by atoms with Crippen molar-refractivity contribution in [3.05, 3.63) is 84.9 Å². The lowest BCUT2D eigenvalue weighted by molar-refractivity contribution is 0.00578. The lowest BCUT2D eigenvalue weighted by atomic mass is 9.77. The average molecular weight is 475 g/mol. The average Bonchev–Trinajstić information content (AvgIpc) is 3.34. The number of furan rings is 1. The van der Waals surface area contributed by atoms with E-state index in [1.165, 1.54) is 0 Å². The van der Waals surface area contributed by atoms with Gasteiger partial charge in [-0.1, -0.05) is 42.5 Å². The molecule has 178 valence electrons. The van der Waals surface area contributed by atoms with E-state index in [1.54, 1.807) is 0 Å². The number of anilines is 3. The summed E-state index contributed by atoms with van der Waals surface area (Å²) in [5, 5.41) is 2.08. The van der Waals surface area contributed by atoms with Crippen molar-refractivity contribution < 1.29 is 18.5 Å². The maximum absolute atomic E-state index is 6.51. The van der Waals surface area contributed by atoms with Crippen molar-refractivity contribution in [1.29, 1.82) is 0 Å². The number of ether oxygens (including phenoxy) is 1. The molecular weight excluding hydrogens is 449 g/mol. The lowest BCUT2D eigenvalue weighted by Gasteiger charge is -2.33. The lowest BCUT2D eigenvalue weighted by Crippen LogP contribution is -2.41. The summed E-state index contributed by atoms with van der Waals surface area (Å²) < 4.78 is 25.7. The summed E-state index contributed by atoms with van der Waals surface area (Å²) in [4.78, 5) is 2.24. The highest BCUT2D eigenvalue weighted by Gasteiger charge is 2.52. The topological polar surface area (TPSA) is 44.1 Å². The molecule has 7 rings (SSSR count). The van der Waals surface area contributed by atoms with Crippen LogP contribution in [0.15, 0.2) is 89.3 Å². The van der Waals surface area contributed by atoms with E-state index in [-0.39, 0.29) is 0 Å². The highest BCUT2D eigenvalue weighted by atomic mass is 16.7. The summed E-state index contributed by atoms with van der Waals surface area (Å²) in [5.41, 5.74) is 4.50. The highest BCUT2D eigenvalue weighted by Crippen LogP contribution is 2.50. The minimum absolute atomic E-state index is 0.468. The van der Waals surface area contributed by atoms with Crippen molar-refractivity contribution in [2.45, 2.75) is 38.9 Å². The Bertz CT molecular complexity index is 1590. The Morgan fingerprint density at radius 3 is 1.92 bits per heavy atom. The monoisotopic (exact) mass is 475 g/mol. The molecule has 1 fully saturated rings. The van der Waals surface area contributed by atoms with Gasteiger partial charge in [0, 0.05) is 21.9 Å². The van der Waals surface area contributed by atoms with Crippen LogP contribution in [-0.4, -0.2) is 18.3 Å². The van der Waals surface area contributed by atoms with E-state index in [1.807, 2.05) is 54.6 Å². The molecule has 0 aliphatic carbocycles. The van der Waals surface area contributed by atoms with Gasteiger partial charge in [-0.2, -0.15) is 0 Å². The van der Waals surface area contributed by atoms with E-state index in [0.29, 0.717) is 0 Å². The Morgan fingerprint density at radius 1 is 0.667 bits per heavy atom. The zero-order chi connectivity index (χ0) is 24.7. The molecule has 0 bridgehead atoms. The number of para-hydroxylation sites is 5. The van der Waals surface area contributed by atoms with Crippen LogP contribution >= 0.6 is 0 Å². The quantitative estimate of drug-likeness (QED) is 0.243. The van der Waals surface area contributed by atoms with Crippen LogP contribution in [0.3, 0.4) is 0 Å². The molecule has 3 heterocycles. The first-order valence-electron chi connectivity index (χ1n) is 12.3. The second-order valence-corrected chi connectivity index (χ2v) is 10.5. The molecule has 4 aromatic carbocycles. The van der Waals surface area contributed by atoms with Crippen LogP contribution < -0.4 is 15.1 Å². The third-order valence-corrected chi connectivity index (χ3v) is 7.69. The summed E-state index contributed by atoms with van der Waals surface area (Å²) in [7, 11) is -0.565. The Labute approximate surface area is 210 Å². The molecular formula is C30H26BNO4. The first-order valence-corrected chi connectivity index (χ1v) is 12.3. The van der Waals surface area contributed by atoms with Crippen molar-refractivity contribution in [3.8, 4) is 11.5 Å². The van der Waals surface area contributed by atoms with Crippen LogP contribution in [0.2, 0.25) is 0 Å². The van der Waals surface area contributed by atoms with Gasteiger partial charge in [0.15, 0.2) is 11.5 Å². The zero-order valence-corrected chi connectivity index (χ0v) is 20.7. The van der Waals surface area contributed by atoms with Gasteiger partial charge in [-0.3, -0.25) is 0 Å². The Morgan fingerprint density at radius 2 is 1.25 bits per heavy atom. The number of rotatable bonds is 2. The first-order chi connectivity index (χ1) is 17.3. The largest absolute Gasteiger partial charge is 0.498 e. The van der Waals surface area contributed by atoms with Crippen molar-refractivity contribution in [3.63, 3.8) is 0 Å². The van der Waals surface area contributed by atoms with Gasteiger partial charge in [0.1, 0.15) is 11.2 Å². The molecule has 6 heteroatoms. The molecule has 1 aromatic heterocycles. The van der Waals surface area contributed by atoms with E-state index >= 15 is 0 Å². The molecule has 2 aliphatic rings. The zero-order valence-electron chi connectivity index (χ0n) is 20.7. The molecule has 0 N–H and O–H groups in total. The number of nitrogens with zero attached hydrogens (tertiary/aromatic N) is 1. The molecule has 0 saturated carbocycles. The Balaban J connectivity index is 1.51. The molecule has 0 amide bonds. The molecule has 2 aliphatic heterocycles. The fourth-order valence-corrected chi connectivity index (χ4v) is 5.09. The molecule has 0 radical (unpaired) electrons. The highest BCUT2D eigenvalue weighted by molar-refractivity contribution is 6.65. The number of hydrogen-bond acceptors (Lipinski definition) is 5. The van der Waals surface area contributed by atoms with E-state index < -0.39 is 18.3 Å². The Hall–Kier alpha value is -3.74. The van der Waals surface area contributed by atoms with Crippen LogP contribution in [0, 0.1) is 0 Å². The van der Waals surface area contributed by atoms with Gasteiger partial charge in [-0.25, -0.2) is 0 Å². The minimum Gasteiger partial charge on any atom is -0.456 e. The second-order valence-electron chi connectivity index (χ2n) is 10.5. The number of benzene rings is 4. The SMILES string of the molecule is CC1(C)OB(c2cc(N3c4ccccc4Oc4ccccc43)cc3c2oc2ccccc23)OC1(C)C. The summed E-state index contributed by atoms with van der Waals surface area (Å²) in [6, 6.07) is 28.7. The minimum atomic E-state index is -0.565. The summed E-state index contributed by atoms with van der Waals surface area (Å²) in [6.45, 7) is 8.28. The fraction of sp³-hybridized carbons (Fsp3) is 0.200. The van der Waals surface area contributed by atoms with Crippen molar-refractivity contribution in [2.24, 2.45) is 0 Å². The third kappa shape index (κ3) is 3.04. The second kappa shape index (κ2) is 7.39. The van der Waals surface area contributed by atoms with Gasteiger partial charge in [0.2, 0.25) is 0 Å². The smallest absolute Gasteiger partial charge is 0.456 e. The van der Waals surface area contributed by atoms with E-state index in [4.69, 9.17) is 18.5 Å². The first kappa shape index (κ1) is 21.5. The third-order valence-electron chi connectivity index (χ3n) is 7.69. The van der Waals surface area contributed by atoms with Gasteiger partial charge in [0.05, 0.1) is 22.6 Å². The normalized spacial score (nSPS) is 17.8. The molecule has 0 unspecified atom stereocenters. The molecule has 36 heavy (non-hydrogen) atoms.